The lowest BCUT2D eigenvalue weighted by Crippen LogP contribution is -2.34. The maximum atomic E-state index is 13.6. The molecule has 0 saturated heterocycles. The van der Waals surface area contributed by atoms with Gasteiger partial charge in [-0.15, -0.1) is 0 Å². The van der Waals surface area contributed by atoms with Gasteiger partial charge in [0, 0.05) is 13.1 Å². The third kappa shape index (κ3) is 4.98. The first-order chi connectivity index (χ1) is 10.6. The summed E-state index contributed by atoms with van der Waals surface area (Å²) < 4.78 is 13.6. The normalized spacial score (nSPS) is 11.6. The molecule has 6 heteroatoms. The number of aliphatic hydroxyl groups is 1. The van der Waals surface area contributed by atoms with Crippen LogP contribution in [-0.2, 0) is 11.2 Å². The number of aliphatic hydroxyl groups excluding tert-OH is 1. The zero-order valence-electron chi connectivity index (χ0n) is 12.9. The highest BCUT2D eigenvalue weighted by atomic mass is 32.1. The molecule has 1 atom stereocenters. The Balaban J connectivity index is 2.99. The van der Waals surface area contributed by atoms with E-state index >= 15 is 0 Å². The first-order valence-electron chi connectivity index (χ1n) is 7.31. The van der Waals surface area contributed by atoms with Gasteiger partial charge in [-0.2, -0.15) is 0 Å². The minimum atomic E-state index is -0.483. The quantitative estimate of drug-likeness (QED) is 0.591. The highest BCUT2D eigenvalue weighted by Gasteiger charge is 2.20. The van der Waals surface area contributed by atoms with Crippen LogP contribution < -0.4 is 0 Å². The number of likely N-dealkylation sites (N-methyl/N-ethyl adjacent to an activating group) is 1. The molecule has 0 aliphatic rings. The standard InChI is InChI=1S/C16H21FN2O2S/c1-3-12-9-13(5-6-14(12)17)15(18-11-22)10-16(21)19(4-2)7-8-20/h5-6,9,15,20H,3-4,7-8,10H2,1-2H3. The van der Waals surface area contributed by atoms with Gasteiger partial charge in [-0.1, -0.05) is 19.1 Å². The summed E-state index contributed by atoms with van der Waals surface area (Å²) in [5, 5.41) is 11.3. The Morgan fingerprint density at radius 1 is 1.50 bits per heavy atom. The number of aryl methyl sites for hydroxylation is 1. The third-order valence-corrected chi connectivity index (χ3v) is 3.62. The van der Waals surface area contributed by atoms with E-state index in [0.29, 0.717) is 18.5 Å². The minimum absolute atomic E-state index is 0.0861. The predicted octanol–water partition coefficient (Wildman–Crippen LogP) is 2.76. The molecule has 0 bridgehead atoms. The Labute approximate surface area is 135 Å². The Bertz CT molecular complexity index is 559. The SMILES string of the molecule is CCc1cc(C(CC(=O)N(CC)CCO)N=C=S)ccc1F. The van der Waals surface area contributed by atoms with Crippen molar-refractivity contribution in [3.05, 3.63) is 35.1 Å². The number of carbonyl (C=O) groups excluding carboxylic acids is 1. The van der Waals surface area contributed by atoms with Gasteiger partial charge >= 0.3 is 0 Å². The zero-order chi connectivity index (χ0) is 16.5. The molecule has 0 aliphatic carbocycles. The number of isothiocyanates is 1. The molecule has 1 aromatic carbocycles. The molecule has 1 N–H and O–H groups in total. The number of aliphatic imine (C=N–C) groups is 1. The maximum absolute atomic E-state index is 13.6. The molecule has 0 saturated carbocycles. The summed E-state index contributed by atoms with van der Waals surface area (Å²) in [6, 6.07) is 4.23. The van der Waals surface area contributed by atoms with Crippen molar-refractivity contribution in [2.75, 3.05) is 19.7 Å². The van der Waals surface area contributed by atoms with Crippen LogP contribution in [0.5, 0.6) is 0 Å². The first kappa shape index (κ1) is 18.4. The van der Waals surface area contributed by atoms with E-state index in [1.54, 1.807) is 17.0 Å². The predicted molar refractivity (Wildman–Crippen MR) is 87.5 cm³/mol. The number of amides is 1. The van der Waals surface area contributed by atoms with Crippen molar-refractivity contribution in [1.29, 1.82) is 0 Å². The zero-order valence-corrected chi connectivity index (χ0v) is 13.7. The Kier molecular flexibility index (Phi) is 7.88. The fraction of sp³-hybridized carbons (Fsp3) is 0.500. The summed E-state index contributed by atoms with van der Waals surface area (Å²) in [5.74, 6) is -0.393. The number of hydrogen-bond acceptors (Lipinski definition) is 4. The molecular weight excluding hydrogens is 303 g/mol. The van der Waals surface area contributed by atoms with Gasteiger partial charge in [0.2, 0.25) is 5.91 Å². The molecule has 0 fully saturated rings. The Hall–Kier alpha value is -1.62. The fourth-order valence-electron chi connectivity index (χ4n) is 2.25. The number of nitrogens with zero attached hydrogens (tertiary/aromatic N) is 2. The molecule has 0 heterocycles. The fourth-order valence-corrected chi connectivity index (χ4v) is 2.38. The number of halogens is 1. The van der Waals surface area contributed by atoms with E-state index in [-0.39, 0.29) is 31.3 Å². The van der Waals surface area contributed by atoms with Crippen molar-refractivity contribution in [1.82, 2.24) is 4.90 Å². The van der Waals surface area contributed by atoms with Crippen LogP contribution in [0, 0.1) is 5.82 Å². The van der Waals surface area contributed by atoms with Gasteiger partial charge in [0.25, 0.3) is 0 Å². The van der Waals surface area contributed by atoms with E-state index in [1.807, 2.05) is 13.8 Å². The van der Waals surface area contributed by atoms with Gasteiger partial charge in [0.15, 0.2) is 0 Å². The lowest BCUT2D eigenvalue weighted by atomic mass is 10.00. The smallest absolute Gasteiger partial charge is 0.225 e. The molecular formula is C16H21FN2O2S. The van der Waals surface area contributed by atoms with Crippen molar-refractivity contribution in [2.24, 2.45) is 4.99 Å². The van der Waals surface area contributed by atoms with Crippen molar-refractivity contribution in [3.63, 3.8) is 0 Å². The minimum Gasteiger partial charge on any atom is -0.395 e. The molecule has 0 aliphatic heterocycles. The number of rotatable bonds is 8. The van der Waals surface area contributed by atoms with E-state index < -0.39 is 6.04 Å². The van der Waals surface area contributed by atoms with Gasteiger partial charge in [0.1, 0.15) is 5.82 Å². The number of carbonyl (C=O) groups is 1. The summed E-state index contributed by atoms with van der Waals surface area (Å²) in [4.78, 5) is 17.9. The van der Waals surface area contributed by atoms with Crippen molar-refractivity contribution < 1.29 is 14.3 Å². The van der Waals surface area contributed by atoms with Crippen LogP contribution >= 0.6 is 12.2 Å². The highest BCUT2D eigenvalue weighted by molar-refractivity contribution is 7.78. The van der Waals surface area contributed by atoms with Gasteiger partial charge in [-0.3, -0.25) is 4.79 Å². The molecule has 0 aromatic heterocycles. The molecule has 120 valence electrons. The second kappa shape index (κ2) is 9.41. The Morgan fingerprint density at radius 2 is 2.23 bits per heavy atom. The van der Waals surface area contributed by atoms with Crippen LogP contribution in [0.3, 0.4) is 0 Å². The molecule has 0 radical (unpaired) electrons. The summed E-state index contributed by atoms with van der Waals surface area (Å²) in [6.45, 7) is 4.42. The van der Waals surface area contributed by atoms with E-state index in [4.69, 9.17) is 5.11 Å². The van der Waals surface area contributed by atoms with Crippen LogP contribution in [0.2, 0.25) is 0 Å². The van der Waals surface area contributed by atoms with Crippen LogP contribution in [-0.4, -0.2) is 40.8 Å². The van der Waals surface area contributed by atoms with Gasteiger partial charge in [0.05, 0.1) is 24.2 Å². The number of thiocarbonyl (C=S) groups is 1. The summed E-state index contributed by atoms with van der Waals surface area (Å²) in [5.41, 5.74) is 1.32. The molecule has 1 unspecified atom stereocenters. The first-order valence-corrected chi connectivity index (χ1v) is 7.72. The second-order valence-electron chi connectivity index (χ2n) is 4.84. The molecule has 1 amide bonds. The number of hydrogen-bond donors (Lipinski definition) is 1. The second-order valence-corrected chi connectivity index (χ2v) is 5.02. The van der Waals surface area contributed by atoms with Crippen molar-refractivity contribution >= 4 is 23.3 Å². The van der Waals surface area contributed by atoms with E-state index in [2.05, 4.69) is 22.4 Å². The molecule has 1 rings (SSSR count). The van der Waals surface area contributed by atoms with Crippen molar-refractivity contribution in [3.8, 4) is 0 Å². The molecule has 22 heavy (non-hydrogen) atoms. The Morgan fingerprint density at radius 3 is 2.77 bits per heavy atom. The summed E-state index contributed by atoms with van der Waals surface area (Å²) >= 11 is 4.66. The molecule has 0 spiro atoms. The average molecular weight is 324 g/mol. The van der Waals surface area contributed by atoms with Crippen molar-refractivity contribution in [2.45, 2.75) is 32.7 Å². The van der Waals surface area contributed by atoms with Crippen LogP contribution in [0.15, 0.2) is 23.2 Å². The van der Waals surface area contributed by atoms with Crippen LogP contribution in [0.4, 0.5) is 4.39 Å². The maximum Gasteiger partial charge on any atom is 0.225 e. The lowest BCUT2D eigenvalue weighted by Gasteiger charge is -2.22. The van der Waals surface area contributed by atoms with Gasteiger partial charge < -0.3 is 10.0 Å². The average Bonchev–Trinajstić information content (AvgIpc) is 2.52. The number of benzene rings is 1. The molecule has 1 aromatic rings. The largest absolute Gasteiger partial charge is 0.395 e. The van der Waals surface area contributed by atoms with Gasteiger partial charge in [-0.25, -0.2) is 9.38 Å². The molecule has 4 nitrogen and oxygen atoms in total. The van der Waals surface area contributed by atoms with E-state index in [0.717, 1.165) is 5.56 Å². The highest BCUT2D eigenvalue weighted by Crippen LogP contribution is 2.24. The summed E-state index contributed by atoms with van der Waals surface area (Å²) in [6.07, 6.45) is 0.680. The van der Waals surface area contributed by atoms with E-state index in [1.165, 1.54) is 6.07 Å². The lowest BCUT2D eigenvalue weighted by molar-refractivity contribution is -0.131. The van der Waals surface area contributed by atoms with Gasteiger partial charge in [-0.05, 0) is 42.8 Å². The van der Waals surface area contributed by atoms with Crippen LogP contribution in [0.25, 0.3) is 0 Å². The third-order valence-electron chi connectivity index (χ3n) is 3.52. The monoisotopic (exact) mass is 324 g/mol. The summed E-state index contributed by atoms with van der Waals surface area (Å²) in [7, 11) is 0. The van der Waals surface area contributed by atoms with Crippen LogP contribution in [0.1, 0.15) is 37.4 Å². The topological polar surface area (TPSA) is 52.9 Å². The van der Waals surface area contributed by atoms with E-state index in [9.17, 15) is 9.18 Å².